The van der Waals surface area contributed by atoms with Crippen LogP contribution in [0, 0.1) is 0 Å². The summed E-state index contributed by atoms with van der Waals surface area (Å²) < 4.78 is 16.6. The van der Waals surface area contributed by atoms with Gasteiger partial charge in [-0.05, 0) is 83.5 Å². The normalized spacial score (nSPS) is 12.5. The van der Waals surface area contributed by atoms with Gasteiger partial charge in [0.2, 0.25) is 0 Å². The number of rotatable bonds is 44. The number of ether oxygens (including phenoxy) is 3. The Labute approximate surface area is 364 Å². The van der Waals surface area contributed by atoms with E-state index < -0.39 is 6.10 Å². The molecule has 0 aromatic rings. The first-order chi connectivity index (χ1) is 29.0. The minimum absolute atomic E-state index is 0.0814. The van der Waals surface area contributed by atoms with E-state index in [0.29, 0.717) is 19.3 Å². The molecule has 0 aromatic carbocycles. The van der Waals surface area contributed by atoms with Crippen molar-refractivity contribution in [3.8, 4) is 0 Å². The lowest BCUT2D eigenvalue weighted by atomic mass is 10.1. The van der Waals surface area contributed by atoms with Gasteiger partial charge >= 0.3 is 17.9 Å². The van der Waals surface area contributed by atoms with Crippen LogP contribution in [0.1, 0.15) is 239 Å². The number of carbonyl (C=O) groups is 3. The van der Waals surface area contributed by atoms with E-state index in [4.69, 9.17) is 14.2 Å². The van der Waals surface area contributed by atoms with Gasteiger partial charge in [0.25, 0.3) is 0 Å². The molecule has 0 saturated heterocycles. The Morgan fingerprint density at radius 3 is 1.05 bits per heavy atom. The highest BCUT2D eigenvalue weighted by molar-refractivity contribution is 5.71. The van der Waals surface area contributed by atoms with Crippen molar-refractivity contribution in [2.24, 2.45) is 0 Å². The average molecular weight is 825 g/mol. The largest absolute Gasteiger partial charge is 0.462 e. The average Bonchev–Trinajstić information content (AvgIpc) is 3.23. The molecule has 0 aromatic heterocycles. The topological polar surface area (TPSA) is 78.9 Å². The standard InChI is InChI=1S/C53H92O6/c1-4-7-10-13-15-17-19-21-23-25-26-28-29-31-33-35-37-40-43-46-52(55)58-49-50(48-57-51(54)45-42-39-12-9-6-3)59-53(56)47-44-41-38-36-34-32-30-27-24-22-20-18-16-14-11-8-5-2/h7,10,15,17,21-24,26,28,50H,4-6,8-9,11-14,16,18-20,25,27,29-49H2,1-3H3/b10-7-,17-15-,23-21-,24-22-,28-26-. The van der Waals surface area contributed by atoms with Crippen LogP contribution < -0.4 is 0 Å². The van der Waals surface area contributed by atoms with Gasteiger partial charge < -0.3 is 14.2 Å². The maximum atomic E-state index is 12.7. The lowest BCUT2D eigenvalue weighted by molar-refractivity contribution is -0.167. The zero-order chi connectivity index (χ0) is 43.0. The van der Waals surface area contributed by atoms with Gasteiger partial charge in [0.05, 0.1) is 0 Å². The van der Waals surface area contributed by atoms with Crippen LogP contribution in [0.25, 0.3) is 0 Å². The molecule has 340 valence electrons. The van der Waals surface area contributed by atoms with E-state index in [-0.39, 0.29) is 31.1 Å². The molecule has 59 heavy (non-hydrogen) atoms. The highest BCUT2D eigenvalue weighted by Gasteiger charge is 2.19. The first kappa shape index (κ1) is 56.1. The molecule has 6 nitrogen and oxygen atoms in total. The van der Waals surface area contributed by atoms with Crippen LogP contribution >= 0.6 is 0 Å². The van der Waals surface area contributed by atoms with Gasteiger partial charge in [-0.2, -0.15) is 0 Å². The molecule has 1 unspecified atom stereocenters. The Hall–Kier alpha value is -2.89. The highest BCUT2D eigenvalue weighted by Crippen LogP contribution is 2.14. The van der Waals surface area contributed by atoms with E-state index in [1.54, 1.807) is 0 Å². The smallest absolute Gasteiger partial charge is 0.306 e. The SMILES string of the molecule is CC/C=C\C/C=C\C/C=C\C/C=C\CCCCCCCCC(=O)OCC(COC(=O)CCCCCCC)OC(=O)CCCCCCCCC/C=C\CCCCCCCC. The van der Waals surface area contributed by atoms with Crippen molar-refractivity contribution in [3.05, 3.63) is 60.8 Å². The second-order valence-corrected chi connectivity index (χ2v) is 16.3. The van der Waals surface area contributed by atoms with Gasteiger partial charge in [-0.3, -0.25) is 14.4 Å². The van der Waals surface area contributed by atoms with Gasteiger partial charge in [-0.25, -0.2) is 0 Å². The zero-order valence-electron chi connectivity index (χ0n) is 38.8. The molecule has 0 spiro atoms. The molecular formula is C53H92O6. The van der Waals surface area contributed by atoms with E-state index in [9.17, 15) is 14.4 Å². The number of esters is 3. The number of carbonyl (C=O) groups excluding carboxylic acids is 3. The lowest BCUT2D eigenvalue weighted by Crippen LogP contribution is -2.30. The molecule has 0 bridgehead atoms. The number of allylic oxidation sites excluding steroid dienone is 10. The second-order valence-electron chi connectivity index (χ2n) is 16.3. The van der Waals surface area contributed by atoms with Gasteiger partial charge in [0, 0.05) is 19.3 Å². The van der Waals surface area contributed by atoms with Crippen molar-refractivity contribution in [1.82, 2.24) is 0 Å². The molecule has 0 fully saturated rings. The van der Waals surface area contributed by atoms with E-state index in [0.717, 1.165) is 96.3 Å². The Bertz CT molecular complexity index is 1090. The van der Waals surface area contributed by atoms with Gasteiger partial charge in [-0.15, -0.1) is 0 Å². The third-order valence-corrected chi connectivity index (χ3v) is 10.5. The predicted octanol–water partition coefficient (Wildman–Crippen LogP) is 16.1. The van der Waals surface area contributed by atoms with Gasteiger partial charge in [0.1, 0.15) is 13.2 Å². The first-order valence-electron chi connectivity index (χ1n) is 24.8. The Balaban J connectivity index is 4.21. The summed E-state index contributed by atoms with van der Waals surface area (Å²) in [6, 6.07) is 0. The molecule has 0 rings (SSSR count). The van der Waals surface area contributed by atoms with Crippen LogP contribution in [0.3, 0.4) is 0 Å². The monoisotopic (exact) mass is 825 g/mol. The summed E-state index contributed by atoms with van der Waals surface area (Å²) in [5.74, 6) is -0.912. The molecular weight excluding hydrogens is 733 g/mol. The fraction of sp³-hybridized carbons (Fsp3) is 0.755. The molecule has 0 saturated carbocycles. The molecule has 6 heteroatoms. The molecule has 0 heterocycles. The summed E-state index contributed by atoms with van der Waals surface area (Å²) in [6.07, 6.45) is 58.1. The summed E-state index contributed by atoms with van der Waals surface area (Å²) >= 11 is 0. The predicted molar refractivity (Wildman–Crippen MR) is 251 cm³/mol. The molecule has 0 radical (unpaired) electrons. The van der Waals surface area contributed by atoms with Crippen molar-refractivity contribution >= 4 is 17.9 Å². The van der Waals surface area contributed by atoms with E-state index in [1.165, 1.54) is 103 Å². The molecule has 0 aliphatic carbocycles. The molecule has 0 aliphatic rings. The van der Waals surface area contributed by atoms with Crippen molar-refractivity contribution in [3.63, 3.8) is 0 Å². The van der Waals surface area contributed by atoms with Crippen LogP contribution in [-0.4, -0.2) is 37.2 Å². The fourth-order valence-electron chi connectivity index (χ4n) is 6.78. The summed E-state index contributed by atoms with van der Waals surface area (Å²) in [7, 11) is 0. The lowest BCUT2D eigenvalue weighted by Gasteiger charge is -2.18. The fourth-order valence-corrected chi connectivity index (χ4v) is 6.78. The highest BCUT2D eigenvalue weighted by atomic mass is 16.6. The van der Waals surface area contributed by atoms with Gasteiger partial charge in [0.15, 0.2) is 6.10 Å². The Kier molecular flexibility index (Phi) is 45.4. The molecule has 1 atom stereocenters. The van der Waals surface area contributed by atoms with E-state index in [1.807, 2.05) is 0 Å². The van der Waals surface area contributed by atoms with E-state index in [2.05, 4.69) is 81.5 Å². The minimum Gasteiger partial charge on any atom is -0.462 e. The molecule has 0 N–H and O–H groups in total. The zero-order valence-corrected chi connectivity index (χ0v) is 38.8. The summed E-state index contributed by atoms with van der Waals surface area (Å²) in [5.41, 5.74) is 0. The van der Waals surface area contributed by atoms with Crippen LogP contribution in [0.2, 0.25) is 0 Å². The van der Waals surface area contributed by atoms with Crippen molar-refractivity contribution < 1.29 is 28.6 Å². The quantitative estimate of drug-likeness (QED) is 0.0263. The van der Waals surface area contributed by atoms with E-state index >= 15 is 0 Å². The number of unbranched alkanes of at least 4 members (excludes halogenated alkanes) is 23. The minimum atomic E-state index is -0.777. The number of hydrogen-bond acceptors (Lipinski definition) is 6. The van der Waals surface area contributed by atoms with Crippen LogP contribution in [0.5, 0.6) is 0 Å². The maximum Gasteiger partial charge on any atom is 0.306 e. The van der Waals surface area contributed by atoms with Crippen LogP contribution in [0.15, 0.2) is 60.8 Å². The van der Waals surface area contributed by atoms with Crippen LogP contribution in [0.4, 0.5) is 0 Å². The summed E-state index contributed by atoms with van der Waals surface area (Å²) in [6.45, 7) is 6.42. The maximum absolute atomic E-state index is 12.7. The third kappa shape index (κ3) is 46.0. The molecule has 0 aliphatic heterocycles. The molecule has 0 amide bonds. The van der Waals surface area contributed by atoms with Gasteiger partial charge in [-0.1, -0.05) is 197 Å². The van der Waals surface area contributed by atoms with Crippen molar-refractivity contribution in [1.29, 1.82) is 0 Å². The second kappa shape index (κ2) is 47.8. The first-order valence-corrected chi connectivity index (χ1v) is 24.8. The summed E-state index contributed by atoms with van der Waals surface area (Å²) in [4.78, 5) is 37.6. The Morgan fingerprint density at radius 2 is 0.661 bits per heavy atom. The third-order valence-electron chi connectivity index (χ3n) is 10.5. The van der Waals surface area contributed by atoms with Crippen LogP contribution in [-0.2, 0) is 28.6 Å². The summed E-state index contributed by atoms with van der Waals surface area (Å²) in [5, 5.41) is 0. The number of hydrogen-bond donors (Lipinski definition) is 0. The van der Waals surface area contributed by atoms with Crippen molar-refractivity contribution in [2.75, 3.05) is 13.2 Å². The Morgan fingerprint density at radius 1 is 0.356 bits per heavy atom. The van der Waals surface area contributed by atoms with Crippen molar-refractivity contribution in [2.45, 2.75) is 245 Å².